The number of aromatic amines is 1. The zero-order chi connectivity index (χ0) is 17.4. The standard InChI is InChI=1S/C17H17N5O2/c1-4-13(23)21-6-5-11(9-21)15-14(10(2)3)17(24)22-16(20-15)12(7-18)8-19-22/h4,8-11H,1,5-6H2,2-3H3/p+1. The van der Waals surface area contributed by atoms with Gasteiger partial charge < -0.3 is 0 Å². The Morgan fingerprint density at radius 3 is 3.00 bits per heavy atom. The SMILES string of the molecule is C=CC(=O)[N+]1=CC(c2nc3c(C#N)c[nH]n3c(=O)c2C(C)C)CC1. The van der Waals surface area contributed by atoms with E-state index < -0.39 is 0 Å². The topological polar surface area (TPSA) is 94.0 Å². The van der Waals surface area contributed by atoms with Gasteiger partial charge in [0.1, 0.15) is 11.6 Å². The molecule has 0 aromatic carbocycles. The van der Waals surface area contributed by atoms with Crippen LogP contribution in [0.5, 0.6) is 0 Å². The summed E-state index contributed by atoms with van der Waals surface area (Å²) in [6.45, 7) is 7.93. The molecule has 0 aliphatic carbocycles. The fourth-order valence-electron chi connectivity index (χ4n) is 3.10. The van der Waals surface area contributed by atoms with Crippen LogP contribution in [0.4, 0.5) is 0 Å². The van der Waals surface area contributed by atoms with Gasteiger partial charge in [0.15, 0.2) is 18.4 Å². The maximum absolute atomic E-state index is 12.8. The lowest BCUT2D eigenvalue weighted by molar-refractivity contribution is -0.431. The van der Waals surface area contributed by atoms with E-state index in [4.69, 9.17) is 0 Å². The number of carbonyl (C=O) groups is 1. The van der Waals surface area contributed by atoms with E-state index in [-0.39, 0.29) is 23.3 Å². The smallest absolute Gasteiger partial charge is 0.295 e. The molecule has 2 aromatic rings. The number of aromatic nitrogens is 3. The van der Waals surface area contributed by atoms with Crippen LogP contribution in [0.2, 0.25) is 0 Å². The van der Waals surface area contributed by atoms with Crippen LogP contribution in [0, 0.1) is 11.3 Å². The number of nitrogens with one attached hydrogen (secondary N) is 1. The van der Waals surface area contributed by atoms with Crippen molar-refractivity contribution < 1.29 is 9.37 Å². The highest BCUT2D eigenvalue weighted by atomic mass is 16.2. The van der Waals surface area contributed by atoms with Crippen molar-refractivity contribution in [1.82, 2.24) is 14.6 Å². The maximum atomic E-state index is 12.8. The summed E-state index contributed by atoms with van der Waals surface area (Å²) >= 11 is 0. The summed E-state index contributed by atoms with van der Waals surface area (Å²) in [5.74, 6) is -0.325. The summed E-state index contributed by atoms with van der Waals surface area (Å²) in [6.07, 6.45) is 5.23. The Balaban J connectivity index is 2.24. The molecule has 0 saturated heterocycles. The first kappa shape index (κ1) is 15.9. The zero-order valence-electron chi connectivity index (χ0n) is 13.6. The number of nitrogens with zero attached hydrogens (tertiary/aromatic N) is 4. The normalized spacial score (nSPS) is 17.1. The lowest BCUT2D eigenvalue weighted by Crippen LogP contribution is -2.25. The third-order valence-corrected chi connectivity index (χ3v) is 4.27. The number of nitriles is 1. The molecule has 2 aromatic heterocycles. The first-order chi connectivity index (χ1) is 11.5. The molecule has 3 heterocycles. The molecule has 1 N–H and O–H groups in total. The Labute approximate surface area is 138 Å². The fourth-order valence-corrected chi connectivity index (χ4v) is 3.10. The van der Waals surface area contributed by atoms with Crippen molar-refractivity contribution in [3.8, 4) is 6.07 Å². The molecular weight excluding hydrogens is 306 g/mol. The van der Waals surface area contributed by atoms with Crippen molar-refractivity contribution >= 4 is 17.8 Å². The van der Waals surface area contributed by atoms with E-state index in [1.165, 1.54) is 16.8 Å². The van der Waals surface area contributed by atoms with Crippen molar-refractivity contribution in [1.29, 1.82) is 5.26 Å². The van der Waals surface area contributed by atoms with E-state index in [9.17, 15) is 14.9 Å². The van der Waals surface area contributed by atoms with Gasteiger partial charge in [0.25, 0.3) is 5.56 Å². The van der Waals surface area contributed by atoms with Crippen LogP contribution in [0.3, 0.4) is 0 Å². The van der Waals surface area contributed by atoms with Gasteiger partial charge in [-0.3, -0.25) is 9.89 Å². The molecule has 0 spiro atoms. The number of H-pyrrole nitrogens is 1. The molecule has 7 heteroatoms. The van der Waals surface area contributed by atoms with Crippen molar-refractivity contribution in [3.63, 3.8) is 0 Å². The van der Waals surface area contributed by atoms with Crippen LogP contribution >= 0.6 is 0 Å². The Kier molecular flexibility index (Phi) is 3.89. The Hall–Kier alpha value is -3.01. The molecule has 3 rings (SSSR count). The zero-order valence-corrected chi connectivity index (χ0v) is 13.6. The highest BCUT2D eigenvalue weighted by molar-refractivity contribution is 5.84. The molecule has 1 atom stereocenters. The predicted octanol–water partition coefficient (Wildman–Crippen LogP) is 1.30. The molecule has 122 valence electrons. The third kappa shape index (κ3) is 2.36. The van der Waals surface area contributed by atoms with Gasteiger partial charge in [0.05, 0.1) is 11.6 Å². The van der Waals surface area contributed by atoms with Crippen LogP contribution in [0.15, 0.2) is 23.6 Å². The summed E-state index contributed by atoms with van der Waals surface area (Å²) in [7, 11) is 0. The summed E-state index contributed by atoms with van der Waals surface area (Å²) in [5, 5.41) is 12.0. The van der Waals surface area contributed by atoms with E-state index in [0.717, 1.165) is 0 Å². The van der Waals surface area contributed by atoms with Gasteiger partial charge in [-0.05, 0) is 5.92 Å². The second-order valence-electron chi connectivity index (χ2n) is 6.11. The molecule has 0 fully saturated rings. The quantitative estimate of drug-likeness (QED) is 0.680. The second-order valence-corrected chi connectivity index (χ2v) is 6.11. The second kappa shape index (κ2) is 5.89. The minimum atomic E-state index is -0.201. The van der Waals surface area contributed by atoms with Crippen molar-refractivity contribution in [2.45, 2.75) is 32.1 Å². The van der Waals surface area contributed by atoms with E-state index in [1.54, 1.807) is 10.8 Å². The largest absolute Gasteiger partial charge is 0.411 e. The monoisotopic (exact) mass is 324 g/mol. The molecule has 0 bridgehead atoms. The van der Waals surface area contributed by atoms with Crippen molar-refractivity contribution in [2.24, 2.45) is 0 Å². The van der Waals surface area contributed by atoms with Gasteiger partial charge in [0, 0.05) is 24.3 Å². The van der Waals surface area contributed by atoms with Crippen LogP contribution in [0.1, 0.15) is 48.9 Å². The Morgan fingerprint density at radius 1 is 1.62 bits per heavy atom. The average molecular weight is 324 g/mol. The van der Waals surface area contributed by atoms with Gasteiger partial charge in [-0.15, -0.1) is 0 Å². The number of hydrogen-bond acceptors (Lipinski definition) is 4. The van der Waals surface area contributed by atoms with Gasteiger partial charge in [-0.1, -0.05) is 20.4 Å². The third-order valence-electron chi connectivity index (χ3n) is 4.27. The minimum Gasteiger partial charge on any atom is -0.295 e. The maximum Gasteiger partial charge on any atom is 0.411 e. The molecule has 1 aliphatic heterocycles. The van der Waals surface area contributed by atoms with E-state index in [2.05, 4.69) is 16.7 Å². The summed E-state index contributed by atoms with van der Waals surface area (Å²) in [5.41, 5.74) is 1.69. The molecule has 0 saturated carbocycles. The molecular formula is C17H18N5O2+. The van der Waals surface area contributed by atoms with Crippen LogP contribution < -0.4 is 5.56 Å². The minimum absolute atomic E-state index is 0.0247. The summed E-state index contributed by atoms with van der Waals surface area (Å²) < 4.78 is 2.90. The molecule has 1 aliphatic rings. The van der Waals surface area contributed by atoms with Crippen LogP contribution in [0.25, 0.3) is 5.65 Å². The van der Waals surface area contributed by atoms with Gasteiger partial charge in [0.2, 0.25) is 0 Å². The molecule has 1 amide bonds. The number of rotatable bonds is 3. The fraction of sp³-hybridized carbons (Fsp3) is 0.353. The Morgan fingerprint density at radius 2 is 2.38 bits per heavy atom. The average Bonchev–Trinajstić information content (AvgIpc) is 3.20. The van der Waals surface area contributed by atoms with E-state index >= 15 is 0 Å². The van der Waals surface area contributed by atoms with Crippen molar-refractivity contribution in [3.05, 3.63) is 46.0 Å². The van der Waals surface area contributed by atoms with Gasteiger partial charge >= 0.3 is 5.91 Å². The van der Waals surface area contributed by atoms with Crippen LogP contribution in [-0.4, -0.2) is 37.8 Å². The van der Waals surface area contributed by atoms with Gasteiger partial charge in [-0.25, -0.2) is 14.3 Å². The molecule has 1 unspecified atom stereocenters. The Bertz CT molecular complexity index is 971. The van der Waals surface area contributed by atoms with Crippen molar-refractivity contribution in [2.75, 3.05) is 6.54 Å². The molecule has 0 radical (unpaired) electrons. The van der Waals surface area contributed by atoms with Gasteiger partial charge in [-0.2, -0.15) is 9.84 Å². The first-order valence-corrected chi connectivity index (χ1v) is 7.80. The lowest BCUT2D eigenvalue weighted by atomic mass is 9.94. The van der Waals surface area contributed by atoms with E-state index in [1.807, 2.05) is 19.9 Å². The molecule has 24 heavy (non-hydrogen) atoms. The number of hydrogen-bond donors (Lipinski definition) is 1. The van der Waals surface area contributed by atoms with E-state index in [0.29, 0.717) is 35.4 Å². The highest BCUT2D eigenvalue weighted by Crippen LogP contribution is 2.27. The molecule has 7 nitrogen and oxygen atoms in total. The highest BCUT2D eigenvalue weighted by Gasteiger charge is 2.32. The number of carbonyl (C=O) groups excluding carboxylic acids is 1. The number of fused-ring (bicyclic) bond motifs is 1. The lowest BCUT2D eigenvalue weighted by Gasteiger charge is -2.13. The predicted molar refractivity (Wildman–Crippen MR) is 88.4 cm³/mol. The number of amides is 1. The first-order valence-electron chi connectivity index (χ1n) is 7.80. The summed E-state index contributed by atoms with van der Waals surface area (Å²) in [4.78, 5) is 29.2. The summed E-state index contributed by atoms with van der Waals surface area (Å²) in [6, 6.07) is 2.04. The van der Waals surface area contributed by atoms with Crippen LogP contribution in [-0.2, 0) is 4.79 Å².